The molecule has 6 heteroatoms. The number of halogens is 1. The Kier molecular flexibility index (Phi) is 3.40. The fourth-order valence-electron chi connectivity index (χ4n) is 3.43. The van der Waals surface area contributed by atoms with Crippen molar-refractivity contribution >= 4 is 34.3 Å². The van der Waals surface area contributed by atoms with Crippen molar-refractivity contribution in [2.24, 2.45) is 0 Å². The van der Waals surface area contributed by atoms with Crippen LogP contribution in [0.25, 0.3) is 10.9 Å². The summed E-state index contributed by atoms with van der Waals surface area (Å²) in [5.74, 6) is -0.324. The van der Waals surface area contributed by atoms with Crippen LogP contribution in [-0.2, 0) is 21.5 Å². The minimum atomic E-state index is -1.04. The van der Waals surface area contributed by atoms with Gasteiger partial charge in [-0.2, -0.15) is 0 Å². The maximum atomic E-state index is 12.6. The normalized spacial score (nSPS) is 20.8. The number of aromatic amines is 1. The summed E-state index contributed by atoms with van der Waals surface area (Å²) in [6.07, 6.45) is 0.696. The number of hydrogen-bond donors (Lipinski definition) is 2. The molecule has 22 heavy (non-hydrogen) atoms. The van der Waals surface area contributed by atoms with E-state index in [2.05, 4.69) is 10.3 Å². The van der Waals surface area contributed by atoms with E-state index in [-0.39, 0.29) is 11.8 Å². The van der Waals surface area contributed by atoms with Crippen molar-refractivity contribution in [2.45, 2.75) is 25.8 Å². The number of benzene rings is 1. The molecule has 0 saturated heterocycles. The number of fused-ring (bicyclic) bond motifs is 3. The molecule has 2 amide bonds. The average molecular weight is 320 g/mol. The Morgan fingerprint density at radius 3 is 2.77 bits per heavy atom. The van der Waals surface area contributed by atoms with Crippen LogP contribution >= 0.6 is 11.6 Å². The molecule has 0 radical (unpaired) electrons. The molecule has 0 saturated carbocycles. The highest BCUT2D eigenvalue weighted by Gasteiger charge is 2.47. The zero-order chi connectivity index (χ0) is 16.1. The predicted molar refractivity (Wildman–Crippen MR) is 85.8 cm³/mol. The number of rotatable bonds is 1. The number of nitrogens with zero attached hydrogens (tertiary/aromatic N) is 1. The van der Waals surface area contributed by atoms with Crippen molar-refractivity contribution in [3.63, 3.8) is 0 Å². The molecule has 2 aromatic rings. The molecule has 1 aliphatic heterocycles. The predicted octanol–water partition coefficient (Wildman–Crippen LogP) is 2.19. The van der Waals surface area contributed by atoms with Gasteiger partial charge in [-0.1, -0.05) is 11.6 Å². The third kappa shape index (κ3) is 1.92. The summed E-state index contributed by atoms with van der Waals surface area (Å²) < 4.78 is 0. The van der Waals surface area contributed by atoms with Crippen LogP contribution in [-0.4, -0.2) is 35.3 Å². The van der Waals surface area contributed by atoms with Gasteiger partial charge in [0, 0.05) is 36.4 Å². The third-order valence-electron chi connectivity index (χ3n) is 4.53. The smallest absolute Gasteiger partial charge is 0.251 e. The number of nitrogens with one attached hydrogen (secondary N) is 2. The van der Waals surface area contributed by atoms with E-state index in [1.807, 2.05) is 18.2 Å². The van der Waals surface area contributed by atoms with E-state index < -0.39 is 5.54 Å². The minimum absolute atomic E-state index is 0.117. The lowest BCUT2D eigenvalue weighted by Gasteiger charge is -2.42. The van der Waals surface area contributed by atoms with Gasteiger partial charge in [0.25, 0.3) is 5.91 Å². The van der Waals surface area contributed by atoms with E-state index in [1.54, 1.807) is 18.9 Å². The maximum Gasteiger partial charge on any atom is 0.251 e. The van der Waals surface area contributed by atoms with Gasteiger partial charge in [-0.15, -0.1) is 0 Å². The van der Waals surface area contributed by atoms with Crippen molar-refractivity contribution in [2.75, 3.05) is 13.6 Å². The molecule has 3 rings (SSSR count). The zero-order valence-corrected chi connectivity index (χ0v) is 13.5. The molecule has 1 aliphatic rings. The summed E-state index contributed by atoms with van der Waals surface area (Å²) in [6, 6.07) is 5.62. The molecule has 0 spiro atoms. The molecular formula is C16H18ClN3O2. The molecule has 5 nitrogen and oxygen atoms in total. The van der Waals surface area contributed by atoms with Crippen molar-refractivity contribution in [1.82, 2.24) is 15.2 Å². The number of likely N-dealkylation sites (N-methyl/N-ethyl adjacent to an activating group) is 1. The molecule has 1 atom stereocenters. The van der Waals surface area contributed by atoms with E-state index >= 15 is 0 Å². The Hall–Kier alpha value is -2.01. The quantitative estimate of drug-likeness (QED) is 0.846. The van der Waals surface area contributed by atoms with Gasteiger partial charge in [0.15, 0.2) is 5.54 Å². The first-order chi connectivity index (χ1) is 10.4. The van der Waals surface area contributed by atoms with Crippen LogP contribution in [0.2, 0.25) is 5.02 Å². The lowest BCUT2D eigenvalue weighted by molar-refractivity contribution is -0.147. The molecule has 2 heterocycles. The molecule has 1 aromatic heterocycles. The Morgan fingerprint density at radius 1 is 1.41 bits per heavy atom. The zero-order valence-electron chi connectivity index (χ0n) is 12.8. The topological polar surface area (TPSA) is 65.2 Å². The number of H-pyrrole nitrogens is 1. The third-order valence-corrected chi connectivity index (χ3v) is 4.76. The number of aromatic nitrogens is 1. The Balaban J connectivity index is 2.29. The fourth-order valence-corrected chi connectivity index (χ4v) is 3.60. The largest absolute Gasteiger partial charge is 0.357 e. The first kappa shape index (κ1) is 14.9. The van der Waals surface area contributed by atoms with Gasteiger partial charge in [-0.3, -0.25) is 9.59 Å². The SMILES string of the molecule is CNC(=O)C1(C)c2[nH]c3ccc(Cl)cc3c2CCN1C(C)=O. The van der Waals surface area contributed by atoms with Gasteiger partial charge in [0.05, 0.1) is 5.69 Å². The lowest BCUT2D eigenvalue weighted by atomic mass is 9.85. The van der Waals surface area contributed by atoms with E-state index in [1.165, 1.54) is 6.92 Å². The highest BCUT2D eigenvalue weighted by Crippen LogP contribution is 2.39. The van der Waals surface area contributed by atoms with Crippen LogP contribution in [0.3, 0.4) is 0 Å². The molecule has 2 N–H and O–H groups in total. The summed E-state index contributed by atoms with van der Waals surface area (Å²) >= 11 is 6.10. The van der Waals surface area contributed by atoms with Crippen molar-refractivity contribution < 1.29 is 9.59 Å². The molecule has 116 valence electrons. The average Bonchev–Trinajstić information content (AvgIpc) is 2.85. The summed E-state index contributed by atoms with van der Waals surface area (Å²) in [5, 5.41) is 4.35. The van der Waals surface area contributed by atoms with Gasteiger partial charge in [0.2, 0.25) is 5.91 Å². The van der Waals surface area contributed by atoms with Crippen LogP contribution in [0.5, 0.6) is 0 Å². The number of carbonyl (C=O) groups is 2. The lowest BCUT2D eigenvalue weighted by Crippen LogP contribution is -2.58. The second-order valence-corrected chi connectivity index (χ2v) is 6.18. The van der Waals surface area contributed by atoms with Crippen LogP contribution in [0.15, 0.2) is 18.2 Å². The number of hydrogen-bond acceptors (Lipinski definition) is 2. The molecule has 1 unspecified atom stereocenters. The second kappa shape index (κ2) is 5.02. The fraction of sp³-hybridized carbons (Fsp3) is 0.375. The van der Waals surface area contributed by atoms with Gasteiger partial charge in [-0.25, -0.2) is 0 Å². The summed E-state index contributed by atoms with van der Waals surface area (Å²) in [7, 11) is 1.58. The Bertz CT molecular complexity index is 783. The molecule has 0 bridgehead atoms. The van der Waals surface area contributed by atoms with Crippen LogP contribution < -0.4 is 5.32 Å². The maximum absolute atomic E-state index is 12.6. The van der Waals surface area contributed by atoms with Crippen molar-refractivity contribution in [3.05, 3.63) is 34.5 Å². The monoisotopic (exact) mass is 319 g/mol. The molecule has 0 aliphatic carbocycles. The van der Waals surface area contributed by atoms with E-state index in [9.17, 15) is 9.59 Å². The first-order valence-electron chi connectivity index (χ1n) is 7.20. The number of carbonyl (C=O) groups excluding carboxylic acids is 2. The van der Waals surface area contributed by atoms with Gasteiger partial charge >= 0.3 is 0 Å². The standard InChI is InChI=1S/C16H18ClN3O2/c1-9(21)20-7-6-11-12-8-10(17)4-5-13(12)19-14(11)16(20,2)15(22)18-3/h4-5,8,19H,6-7H2,1-3H3,(H,18,22). The second-order valence-electron chi connectivity index (χ2n) is 5.74. The van der Waals surface area contributed by atoms with Gasteiger partial charge in [-0.05, 0) is 37.1 Å². The minimum Gasteiger partial charge on any atom is -0.357 e. The van der Waals surface area contributed by atoms with Crippen molar-refractivity contribution in [3.8, 4) is 0 Å². The van der Waals surface area contributed by atoms with Crippen LogP contribution in [0.1, 0.15) is 25.1 Å². The Labute approximate surface area is 133 Å². The molecule has 0 fully saturated rings. The summed E-state index contributed by atoms with van der Waals surface area (Å²) in [5.41, 5.74) is 1.71. The summed E-state index contributed by atoms with van der Waals surface area (Å²) in [4.78, 5) is 29.5. The summed E-state index contributed by atoms with van der Waals surface area (Å²) in [6.45, 7) is 3.78. The van der Waals surface area contributed by atoms with E-state index in [4.69, 9.17) is 11.6 Å². The molecular weight excluding hydrogens is 302 g/mol. The van der Waals surface area contributed by atoms with E-state index in [0.717, 1.165) is 22.2 Å². The van der Waals surface area contributed by atoms with Crippen LogP contribution in [0, 0.1) is 0 Å². The Morgan fingerprint density at radius 2 is 2.14 bits per heavy atom. The molecule has 1 aromatic carbocycles. The first-order valence-corrected chi connectivity index (χ1v) is 7.58. The van der Waals surface area contributed by atoms with Gasteiger partial charge < -0.3 is 15.2 Å². The highest BCUT2D eigenvalue weighted by atomic mass is 35.5. The van der Waals surface area contributed by atoms with E-state index in [0.29, 0.717) is 18.0 Å². The highest BCUT2D eigenvalue weighted by molar-refractivity contribution is 6.31. The van der Waals surface area contributed by atoms with Gasteiger partial charge in [0.1, 0.15) is 0 Å². The number of amides is 2. The van der Waals surface area contributed by atoms with Crippen LogP contribution in [0.4, 0.5) is 0 Å². The van der Waals surface area contributed by atoms with Crippen molar-refractivity contribution in [1.29, 1.82) is 0 Å².